The summed E-state index contributed by atoms with van der Waals surface area (Å²) in [6.07, 6.45) is -1.60. The zero-order chi connectivity index (χ0) is 11.5. The molecule has 0 aromatic carbocycles. The first-order valence-corrected chi connectivity index (χ1v) is 5.12. The van der Waals surface area contributed by atoms with Crippen LogP contribution in [0.15, 0.2) is 0 Å². The maximum Gasteiger partial charge on any atom is 0.406 e. The number of rotatable bonds is 3. The van der Waals surface area contributed by atoms with E-state index in [0.29, 0.717) is 12.8 Å². The number of aliphatic hydroxyl groups excluding tert-OH is 1. The van der Waals surface area contributed by atoms with Crippen molar-refractivity contribution in [3.8, 4) is 0 Å². The van der Waals surface area contributed by atoms with Crippen LogP contribution in [0.25, 0.3) is 0 Å². The Hall–Kier alpha value is -0.330. The predicted molar refractivity (Wildman–Crippen MR) is 50.3 cm³/mol. The monoisotopic (exact) mass is 226 g/mol. The first-order chi connectivity index (χ1) is 6.93. The second-order valence-electron chi connectivity index (χ2n) is 4.06. The summed E-state index contributed by atoms with van der Waals surface area (Å²) in [6, 6.07) is -1.87. The van der Waals surface area contributed by atoms with E-state index in [1.165, 1.54) is 0 Å². The molecule has 6 heteroatoms. The topological polar surface area (TPSA) is 58.3 Å². The highest BCUT2D eigenvalue weighted by Crippen LogP contribution is 2.23. The predicted octanol–water partition coefficient (Wildman–Crippen LogP) is 0.769. The highest BCUT2D eigenvalue weighted by atomic mass is 19.4. The van der Waals surface area contributed by atoms with Crippen LogP contribution in [0, 0.1) is 0 Å². The average molecular weight is 226 g/mol. The van der Waals surface area contributed by atoms with Gasteiger partial charge in [-0.3, -0.25) is 0 Å². The van der Waals surface area contributed by atoms with Crippen LogP contribution in [0.4, 0.5) is 13.2 Å². The molecule has 0 unspecified atom stereocenters. The molecule has 1 atom stereocenters. The van der Waals surface area contributed by atoms with E-state index in [9.17, 15) is 13.2 Å². The molecule has 3 nitrogen and oxygen atoms in total. The van der Waals surface area contributed by atoms with E-state index < -0.39 is 18.8 Å². The minimum Gasteiger partial charge on any atom is -0.394 e. The van der Waals surface area contributed by atoms with Gasteiger partial charge in [-0.25, -0.2) is 0 Å². The molecule has 1 fully saturated rings. The molecule has 0 saturated heterocycles. The van der Waals surface area contributed by atoms with E-state index in [4.69, 9.17) is 10.8 Å². The van der Waals surface area contributed by atoms with Gasteiger partial charge in [0.25, 0.3) is 0 Å². The minimum atomic E-state index is -4.38. The highest BCUT2D eigenvalue weighted by Gasteiger charge is 2.40. The van der Waals surface area contributed by atoms with Crippen molar-refractivity contribution in [3.05, 3.63) is 0 Å². The SMILES string of the molecule is NC1CCC(N[C@H](CO)C(F)(F)F)CC1. The summed E-state index contributed by atoms with van der Waals surface area (Å²) in [7, 11) is 0. The lowest BCUT2D eigenvalue weighted by Gasteiger charge is -2.30. The lowest BCUT2D eigenvalue weighted by Crippen LogP contribution is -2.51. The lowest BCUT2D eigenvalue weighted by atomic mass is 9.91. The largest absolute Gasteiger partial charge is 0.406 e. The van der Waals surface area contributed by atoms with E-state index >= 15 is 0 Å². The van der Waals surface area contributed by atoms with Crippen LogP contribution in [0.3, 0.4) is 0 Å². The molecule has 4 N–H and O–H groups in total. The van der Waals surface area contributed by atoms with Crippen molar-refractivity contribution < 1.29 is 18.3 Å². The van der Waals surface area contributed by atoms with Crippen molar-refractivity contribution in [3.63, 3.8) is 0 Å². The fourth-order valence-corrected chi connectivity index (χ4v) is 1.82. The van der Waals surface area contributed by atoms with Gasteiger partial charge in [-0.1, -0.05) is 0 Å². The second kappa shape index (κ2) is 5.14. The number of nitrogens with one attached hydrogen (secondary N) is 1. The Bertz CT molecular complexity index is 190. The lowest BCUT2D eigenvalue weighted by molar-refractivity contribution is -0.166. The normalized spacial score (nSPS) is 30.2. The summed E-state index contributed by atoms with van der Waals surface area (Å²) in [4.78, 5) is 0. The molecule has 0 aromatic rings. The van der Waals surface area contributed by atoms with Crippen LogP contribution < -0.4 is 11.1 Å². The van der Waals surface area contributed by atoms with Gasteiger partial charge >= 0.3 is 6.18 Å². The Kier molecular flexibility index (Phi) is 4.36. The molecular weight excluding hydrogens is 209 g/mol. The van der Waals surface area contributed by atoms with E-state index in [0.717, 1.165) is 12.8 Å². The first kappa shape index (κ1) is 12.7. The smallest absolute Gasteiger partial charge is 0.394 e. The second-order valence-corrected chi connectivity index (χ2v) is 4.06. The molecule has 1 saturated carbocycles. The van der Waals surface area contributed by atoms with Gasteiger partial charge in [0.05, 0.1) is 6.61 Å². The minimum absolute atomic E-state index is 0.113. The van der Waals surface area contributed by atoms with E-state index in [1.54, 1.807) is 0 Å². The van der Waals surface area contributed by atoms with Gasteiger partial charge in [-0.15, -0.1) is 0 Å². The molecule has 15 heavy (non-hydrogen) atoms. The van der Waals surface area contributed by atoms with E-state index in [2.05, 4.69) is 5.32 Å². The zero-order valence-electron chi connectivity index (χ0n) is 8.43. The summed E-state index contributed by atoms with van der Waals surface area (Å²) in [5.74, 6) is 0. The number of aliphatic hydroxyl groups is 1. The summed E-state index contributed by atoms with van der Waals surface area (Å²) in [5, 5.41) is 11.1. The molecule has 0 amide bonds. The van der Waals surface area contributed by atoms with Gasteiger partial charge < -0.3 is 16.2 Å². The fraction of sp³-hybridized carbons (Fsp3) is 1.00. The summed E-state index contributed by atoms with van der Waals surface area (Å²) in [5.41, 5.74) is 5.65. The zero-order valence-corrected chi connectivity index (χ0v) is 8.43. The van der Waals surface area contributed by atoms with Gasteiger partial charge in [0.2, 0.25) is 0 Å². The standard InChI is InChI=1S/C9H17F3N2O/c10-9(11,12)8(5-15)14-7-3-1-6(13)2-4-7/h6-8,14-15H,1-5,13H2/t6?,7?,8-/m1/s1. The number of alkyl halides is 3. The van der Waals surface area contributed by atoms with Crippen LogP contribution in [0.2, 0.25) is 0 Å². The molecule has 0 aromatic heterocycles. The Morgan fingerprint density at radius 3 is 2.20 bits per heavy atom. The molecule has 0 radical (unpaired) electrons. The van der Waals surface area contributed by atoms with Crippen molar-refractivity contribution in [2.45, 2.75) is 50.0 Å². The third kappa shape index (κ3) is 3.96. The Balaban J connectivity index is 2.39. The van der Waals surface area contributed by atoms with Crippen LogP contribution in [0.5, 0.6) is 0 Å². The molecular formula is C9H17F3N2O. The number of halogens is 3. The van der Waals surface area contributed by atoms with Crippen LogP contribution in [-0.2, 0) is 0 Å². The first-order valence-electron chi connectivity index (χ1n) is 5.12. The van der Waals surface area contributed by atoms with Crippen LogP contribution >= 0.6 is 0 Å². The van der Waals surface area contributed by atoms with Gasteiger partial charge in [0.1, 0.15) is 6.04 Å². The Labute approximate surface area is 86.8 Å². The average Bonchev–Trinajstić information content (AvgIpc) is 2.15. The van der Waals surface area contributed by atoms with Crippen molar-refractivity contribution in [1.29, 1.82) is 0 Å². The Morgan fingerprint density at radius 2 is 1.80 bits per heavy atom. The summed E-state index contributed by atoms with van der Waals surface area (Å²) < 4.78 is 36.9. The van der Waals surface area contributed by atoms with Crippen LogP contribution in [0.1, 0.15) is 25.7 Å². The van der Waals surface area contributed by atoms with Crippen molar-refractivity contribution in [1.82, 2.24) is 5.32 Å². The molecule has 0 spiro atoms. The number of hydrogen-bond acceptors (Lipinski definition) is 3. The molecule has 1 aliphatic carbocycles. The van der Waals surface area contributed by atoms with Gasteiger partial charge in [-0.05, 0) is 25.7 Å². The molecule has 1 aliphatic rings. The van der Waals surface area contributed by atoms with Gasteiger partial charge in [-0.2, -0.15) is 13.2 Å². The quantitative estimate of drug-likeness (QED) is 0.666. The van der Waals surface area contributed by atoms with Crippen LogP contribution in [-0.4, -0.2) is 36.0 Å². The summed E-state index contributed by atoms with van der Waals surface area (Å²) >= 11 is 0. The van der Waals surface area contributed by atoms with Gasteiger partial charge in [0, 0.05) is 12.1 Å². The van der Waals surface area contributed by atoms with Crippen molar-refractivity contribution in [2.24, 2.45) is 5.73 Å². The number of nitrogens with two attached hydrogens (primary N) is 1. The molecule has 1 rings (SSSR count). The molecule has 0 bridgehead atoms. The van der Waals surface area contributed by atoms with E-state index in [-0.39, 0.29) is 12.1 Å². The van der Waals surface area contributed by atoms with Crippen molar-refractivity contribution in [2.75, 3.05) is 6.61 Å². The molecule has 90 valence electrons. The molecule has 0 aliphatic heterocycles. The summed E-state index contributed by atoms with van der Waals surface area (Å²) in [6.45, 7) is -0.911. The fourth-order valence-electron chi connectivity index (χ4n) is 1.82. The molecule has 0 heterocycles. The van der Waals surface area contributed by atoms with Crippen molar-refractivity contribution >= 4 is 0 Å². The van der Waals surface area contributed by atoms with E-state index in [1.807, 2.05) is 0 Å². The maximum atomic E-state index is 12.3. The Morgan fingerprint density at radius 1 is 1.27 bits per heavy atom. The maximum absolute atomic E-state index is 12.3. The number of hydrogen-bond donors (Lipinski definition) is 3. The third-order valence-corrected chi connectivity index (χ3v) is 2.79. The van der Waals surface area contributed by atoms with Gasteiger partial charge in [0.15, 0.2) is 0 Å². The highest BCUT2D eigenvalue weighted by molar-refractivity contribution is 4.84. The third-order valence-electron chi connectivity index (χ3n) is 2.79.